The average molecular weight is 384 g/mol. The minimum absolute atomic E-state index is 0.336. The van der Waals surface area contributed by atoms with Crippen molar-refractivity contribution in [2.24, 2.45) is 5.10 Å². The van der Waals surface area contributed by atoms with Crippen LogP contribution in [0.25, 0.3) is 16.7 Å². The molecule has 0 N–H and O–H groups in total. The summed E-state index contributed by atoms with van der Waals surface area (Å²) in [5, 5.41) is 9.65. The molecule has 0 saturated carbocycles. The first-order valence-electron chi connectivity index (χ1n) is 7.64. The first-order valence-corrected chi connectivity index (χ1v) is 8.40. The number of halogens is 2. The molecule has 0 saturated heterocycles. The molecule has 26 heavy (non-hydrogen) atoms. The van der Waals surface area contributed by atoms with Crippen LogP contribution in [0, 0.1) is 0 Å². The molecule has 0 aliphatic rings. The van der Waals surface area contributed by atoms with Crippen LogP contribution in [0.1, 0.15) is 5.56 Å². The topological polar surface area (TPSA) is 65.1 Å². The third kappa shape index (κ3) is 2.89. The molecule has 4 rings (SSSR count). The maximum atomic E-state index is 12.7. The Morgan fingerprint density at radius 2 is 1.73 bits per heavy atom. The van der Waals surface area contributed by atoms with Crippen molar-refractivity contribution in [2.75, 3.05) is 0 Å². The van der Waals surface area contributed by atoms with Gasteiger partial charge in [0.2, 0.25) is 0 Å². The Balaban J connectivity index is 1.78. The summed E-state index contributed by atoms with van der Waals surface area (Å²) < 4.78 is 2.73. The van der Waals surface area contributed by atoms with Gasteiger partial charge in [-0.05, 0) is 24.3 Å². The van der Waals surface area contributed by atoms with Crippen molar-refractivity contribution < 1.29 is 0 Å². The highest BCUT2D eigenvalue weighted by Gasteiger charge is 2.11. The predicted molar refractivity (Wildman–Crippen MR) is 103 cm³/mol. The summed E-state index contributed by atoms with van der Waals surface area (Å²) in [6, 6.07) is 14.6. The first kappa shape index (κ1) is 16.5. The van der Waals surface area contributed by atoms with Gasteiger partial charge >= 0.3 is 0 Å². The van der Waals surface area contributed by atoms with E-state index in [4.69, 9.17) is 23.2 Å². The van der Waals surface area contributed by atoms with Crippen molar-refractivity contribution in [3.63, 3.8) is 0 Å². The van der Waals surface area contributed by atoms with Gasteiger partial charge in [0.1, 0.15) is 11.7 Å². The van der Waals surface area contributed by atoms with E-state index in [1.165, 1.54) is 18.7 Å². The van der Waals surface area contributed by atoms with Gasteiger partial charge in [0.05, 0.1) is 28.1 Å². The van der Waals surface area contributed by atoms with Crippen LogP contribution in [-0.2, 0) is 0 Å². The third-order valence-corrected chi connectivity index (χ3v) is 4.44. The minimum Gasteiger partial charge on any atom is -0.266 e. The van der Waals surface area contributed by atoms with Gasteiger partial charge in [-0.15, -0.1) is 0 Å². The Labute approximate surface area is 157 Å². The Morgan fingerprint density at radius 1 is 1.00 bits per heavy atom. The van der Waals surface area contributed by atoms with Crippen molar-refractivity contribution in [1.82, 2.24) is 19.4 Å². The van der Waals surface area contributed by atoms with Crippen LogP contribution in [0.5, 0.6) is 0 Å². The van der Waals surface area contributed by atoms with Crippen LogP contribution in [0.3, 0.4) is 0 Å². The molecule has 0 atom stereocenters. The molecule has 128 valence electrons. The summed E-state index contributed by atoms with van der Waals surface area (Å²) in [6.45, 7) is 0. The molecule has 0 aliphatic carbocycles. The highest BCUT2D eigenvalue weighted by Crippen LogP contribution is 2.22. The molecule has 0 fully saturated rings. The van der Waals surface area contributed by atoms with Gasteiger partial charge in [-0.2, -0.15) is 14.9 Å². The van der Waals surface area contributed by atoms with Crippen LogP contribution in [-0.4, -0.2) is 25.7 Å². The highest BCUT2D eigenvalue weighted by atomic mass is 35.5. The van der Waals surface area contributed by atoms with E-state index in [0.29, 0.717) is 26.6 Å². The summed E-state index contributed by atoms with van der Waals surface area (Å²) in [6.07, 6.45) is 4.25. The zero-order valence-corrected chi connectivity index (χ0v) is 14.8. The second kappa shape index (κ2) is 6.74. The van der Waals surface area contributed by atoms with E-state index in [9.17, 15) is 4.79 Å². The monoisotopic (exact) mass is 383 g/mol. The van der Waals surface area contributed by atoms with Crippen molar-refractivity contribution in [3.05, 3.63) is 87.0 Å². The molecule has 0 bridgehead atoms. The minimum atomic E-state index is -0.336. The lowest BCUT2D eigenvalue weighted by molar-refractivity contribution is 0.809. The fraction of sp³-hybridized carbons (Fsp3) is 0. The molecule has 8 heteroatoms. The van der Waals surface area contributed by atoms with Gasteiger partial charge in [0.25, 0.3) is 5.56 Å². The Hall–Kier alpha value is -2.96. The van der Waals surface area contributed by atoms with E-state index < -0.39 is 0 Å². The predicted octanol–water partition coefficient (Wildman–Crippen LogP) is 3.77. The molecule has 2 aromatic heterocycles. The zero-order chi connectivity index (χ0) is 18.1. The maximum absolute atomic E-state index is 12.7. The van der Waals surface area contributed by atoms with Crippen LogP contribution >= 0.6 is 23.2 Å². The zero-order valence-electron chi connectivity index (χ0n) is 13.3. The standard InChI is InChI=1S/C18H11Cl2N5O/c19-15-7-4-8-16(20)13(15)9-22-24-11-21-17-14(18(24)26)10-23-25(17)12-5-2-1-3-6-12/h1-11H/b22-9-. The van der Waals surface area contributed by atoms with E-state index in [1.54, 1.807) is 22.9 Å². The number of rotatable bonds is 3. The molecule has 0 aliphatic heterocycles. The largest absolute Gasteiger partial charge is 0.285 e. The summed E-state index contributed by atoms with van der Waals surface area (Å²) >= 11 is 12.2. The van der Waals surface area contributed by atoms with Gasteiger partial charge in [-0.1, -0.05) is 47.5 Å². The molecule has 0 amide bonds. The fourth-order valence-electron chi connectivity index (χ4n) is 2.50. The van der Waals surface area contributed by atoms with Gasteiger partial charge in [0.15, 0.2) is 5.65 Å². The number of hydrogen-bond donors (Lipinski definition) is 0. The number of benzene rings is 2. The van der Waals surface area contributed by atoms with E-state index in [1.807, 2.05) is 30.3 Å². The smallest absolute Gasteiger partial charge is 0.266 e. The number of fused-ring (bicyclic) bond motifs is 1. The second-order valence-corrected chi connectivity index (χ2v) is 6.22. The molecule has 0 spiro atoms. The van der Waals surface area contributed by atoms with Gasteiger partial charge in [-0.25, -0.2) is 9.67 Å². The van der Waals surface area contributed by atoms with Crippen LogP contribution in [0.2, 0.25) is 10.0 Å². The number of hydrogen-bond acceptors (Lipinski definition) is 4. The van der Waals surface area contributed by atoms with Gasteiger partial charge in [0, 0.05) is 5.56 Å². The molecular formula is C18H11Cl2N5O. The maximum Gasteiger partial charge on any atom is 0.285 e. The average Bonchev–Trinajstić information content (AvgIpc) is 3.08. The Bertz CT molecular complexity index is 1160. The fourth-order valence-corrected chi connectivity index (χ4v) is 2.99. The lowest BCUT2D eigenvalue weighted by Gasteiger charge is -2.03. The number of para-hydroxylation sites is 1. The van der Waals surface area contributed by atoms with Gasteiger partial charge in [-0.3, -0.25) is 4.79 Å². The summed E-state index contributed by atoms with van der Waals surface area (Å²) in [5.41, 5.74) is 1.47. The molecule has 4 aromatic rings. The van der Waals surface area contributed by atoms with Crippen molar-refractivity contribution in [3.8, 4) is 5.69 Å². The van der Waals surface area contributed by atoms with E-state index in [-0.39, 0.29) is 5.56 Å². The molecular weight excluding hydrogens is 373 g/mol. The molecule has 2 aromatic carbocycles. The van der Waals surface area contributed by atoms with E-state index in [2.05, 4.69) is 15.2 Å². The van der Waals surface area contributed by atoms with E-state index >= 15 is 0 Å². The van der Waals surface area contributed by atoms with Crippen LogP contribution in [0.15, 0.2) is 71.0 Å². The summed E-state index contributed by atoms with van der Waals surface area (Å²) in [4.78, 5) is 17.0. The van der Waals surface area contributed by atoms with E-state index in [0.717, 1.165) is 10.4 Å². The normalized spacial score (nSPS) is 11.5. The molecule has 0 radical (unpaired) electrons. The Kier molecular flexibility index (Phi) is 4.28. The third-order valence-electron chi connectivity index (χ3n) is 3.78. The molecule has 0 unspecified atom stereocenters. The first-order chi connectivity index (χ1) is 12.6. The number of nitrogens with zero attached hydrogens (tertiary/aromatic N) is 5. The van der Waals surface area contributed by atoms with Crippen molar-refractivity contribution >= 4 is 40.4 Å². The SMILES string of the molecule is O=c1c2cnn(-c3ccccc3)c2ncn1/N=C\c1c(Cl)cccc1Cl. The quantitative estimate of drug-likeness (QED) is 0.505. The Morgan fingerprint density at radius 3 is 2.46 bits per heavy atom. The lowest BCUT2D eigenvalue weighted by Crippen LogP contribution is -2.17. The van der Waals surface area contributed by atoms with Crippen molar-refractivity contribution in [2.45, 2.75) is 0 Å². The van der Waals surface area contributed by atoms with Crippen LogP contribution in [0.4, 0.5) is 0 Å². The van der Waals surface area contributed by atoms with Gasteiger partial charge < -0.3 is 0 Å². The summed E-state index contributed by atoms with van der Waals surface area (Å²) in [5.74, 6) is 0. The number of aromatic nitrogens is 4. The second-order valence-electron chi connectivity index (χ2n) is 5.40. The summed E-state index contributed by atoms with van der Waals surface area (Å²) in [7, 11) is 0. The van der Waals surface area contributed by atoms with Crippen LogP contribution < -0.4 is 5.56 Å². The molecule has 2 heterocycles. The highest BCUT2D eigenvalue weighted by molar-refractivity contribution is 6.38. The lowest BCUT2D eigenvalue weighted by atomic mass is 10.2. The molecule has 6 nitrogen and oxygen atoms in total. The van der Waals surface area contributed by atoms with Crippen molar-refractivity contribution in [1.29, 1.82) is 0 Å².